The minimum Gasteiger partial charge on any atom is -0.495 e. The molecule has 0 unspecified atom stereocenters. The number of carbonyl (C=O) groups is 2. The zero-order chi connectivity index (χ0) is 22.1. The third kappa shape index (κ3) is 3.90. The van der Waals surface area contributed by atoms with Crippen LogP contribution >= 0.6 is 11.6 Å². The number of hydrogen-bond acceptors (Lipinski definition) is 4. The van der Waals surface area contributed by atoms with Crippen molar-refractivity contribution in [1.29, 1.82) is 0 Å². The highest BCUT2D eigenvalue weighted by molar-refractivity contribution is 6.46. The van der Waals surface area contributed by atoms with Crippen molar-refractivity contribution in [3.8, 4) is 5.75 Å². The van der Waals surface area contributed by atoms with Crippen molar-refractivity contribution >= 4 is 40.4 Å². The van der Waals surface area contributed by atoms with Crippen LogP contribution in [0.15, 0.2) is 72.4 Å². The number of halogens is 2. The molecule has 0 saturated heterocycles. The molecule has 0 aliphatic carbocycles. The van der Waals surface area contributed by atoms with Crippen LogP contribution in [0.1, 0.15) is 11.1 Å². The van der Waals surface area contributed by atoms with E-state index in [-0.39, 0.29) is 11.3 Å². The Labute approximate surface area is 183 Å². The van der Waals surface area contributed by atoms with Gasteiger partial charge in [0, 0.05) is 5.02 Å². The third-order valence-corrected chi connectivity index (χ3v) is 5.13. The van der Waals surface area contributed by atoms with Crippen molar-refractivity contribution in [3.05, 3.63) is 94.4 Å². The zero-order valence-corrected chi connectivity index (χ0v) is 17.5. The van der Waals surface area contributed by atoms with Crippen LogP contribution in [0.3, 0.4) is 0 Å². The molecule has 1 aliphatic rings. The number of nitrogens with zero attached hydrogens (tertiary/aromatic N) is 1. The standard InChI is InChI=1S/C24H18ClFN2O3/c1-14-4-3-5-18(12-14)28-23(29)21(15-6-9-17(26)10-7-15)22(24(28)30)27-19-13-16(25)8-11-20(19)31-2/h3-13,27H,1-2H3. The number of anilines is 2. The topological polar surface area (TPSA) is 58.6 Å². The van der Waals surface area contributed by atoms with Gasteiger partial charge >= 0.3 is 0 Å². The molecule has 0 saturated carbocycles. The predicted octanol–water partition coefficient (Wildman–Crippen LogP) is 5.19. The fourth-order valence-corrected chi connectivity index (χ4v) is 3.62. The van der Waals surface area contributed by atoms with Gasteiger partial charge < -0.3 is 10.1 Å². The van der Waals surface area contributed by atoms with Gasteiger partial charge in [-0.1, -0.05) is 35.9 Å². The normalized spacial score (nSPS) is 13.7. The molecule has 7 heteroatoms. The smallest absolute Gasteiger partial charge is 0.282 e. The number of amides is 2. The van der Waals surface area contributed by atoms with Gasteiger partial charge in [-0.15, -0.1) is 0 Å². The zero-order valence-electron chi connectivity index (χ0n) is 16.8. The average molecular weight is 437 g/mol. The van der Waals surface area contributed by atoms with Crippen LogP contribution in [0.5, 0.6) is 5.75 Å². The lowest BCUT2D eigenvalue weighted by atomic mass is 10.0. The van der Waals surface area contributed by atoms with Crippen LogP contribution in [0.25, 0.3) is 5.57 Å². The van der Waals surface area contributed by atoms with Gasteiger partial charge in [0.05, 0.1) is 24.1 Å². The van der Waals surface area contributed by atoms with Crippen molar-refractivity contribution in [2.24, 2.45) is 0 Å². The van der Waals surface area contributed by atoms with Gasteiger partial charge in [-0.25, -0.2) is 9.29 Å². The molecular weight excluding hydrogens is 419 g/mol. The third-order valence-electron chi connectivity index (χ3n) is 4.90. The summed E-state index contributed by atoms with van der Waals surface area (Å²) in [5.74, 6) is -1.03. The first kappa shape index (κ1) is 20.6. The number of aryl methyl sites for hydroxylation is 1. The molecule has 0 bridgehead atoms. The molecule has 2 amide bonds. The summed E-state index contributed by atoms with van der Waals surface area (Å²) in [7, 11) is 1.49. The summed E-state index contributed by atoms with van der Waals surface area (Å²) in [6.45, 7) is 1.87. The van der Waals surface area contributed by atoms with E-state index in [2.05, 4.69) is 5.32 Å². The summed E-state index contributed by atoms with van der Waals surface area (Å²) in [6.07, 6.45) is 0. The largest absolute Gasteiger partial charge is 0.495 e. The van der Waals surface area contributed by atoms with Crippen LogP contribution in [-0.4, -0.2) is 18.9 Å². The van der Waals surface area contributed by atoms with E-state index in [1.54, 1.807) is 36.4 Å². The van der Waals surface area contributed by atoms with Crippen molar-refractivity contribution in [2.45, 2.75) is 6.92 Å². The van der Waals surface area contributed by atoms with E-state index in [1.165, 1.54) is 31.4 Å². The van der Waals surface area contributed by atoms with E-state index >= 15 is 0 Å². The van der Waals surface area contributed by atoms with Crippen LogP contribution < -0.4 is 15.0 Å². The van der Waals surface area contributed by atoms with Crippen LogP contribution in [0.2, 0.25) is 5.02 Å². The highest BCUT2D eigenvalue weighted by Crippen LogP contribution is 2.36. The molecule has 1 N–H and O–H groups in total. The fraction of sp³-hybridized carbons (Fsp3) is 0.0833. The molecule has 4 rings (SSSR count). The second-order valence-corrected chi connectivity index (χ2v) is 7.45. The monoisotopic (exact) mass is 436 g/mol. The van der Waals surface area contributed by atoms with E-state index in [1.807, 2.05) is 13.0 Å². The summed E-state index contributed by atoms with van der Waals surface area (Å²) >= 11 is 6.12. The lowest BCUT2D eigenvalue weighted by Crippen LogP contribution is -2.32. The predicted molar refractivity (Wildman–Crippen MR) is 119 cm³/mol. The van der Waals surface area contributed by atoms with Crippen molar-refractivity contribution in [3.63, 3.8) is 0 Å². The quantitative estimate of drug-likeness (QED) is 0.559. The van der Waals surface area contributed by atoms with Gasteiger partial charge in [0.15, 0.2) is 0 Å². The SMILES string of the molecule is COc1ccc(Cl)cc1NC1=C(c2ccc(F)cc2)C(=O)N(c2cccc(C)c2)C1=O. The van der Waals surface area contributed by atoms with Gasteiger partial charge in [0.2, 0.25) is 0 Å². The summed E-state index contributed by atoms with van der Waals surface area (Å²) in [4.78, 5) is 27.9. The maximum atomic E-state index is 13.5. The Hall–Kier alpha value is -3.64. The molecule has 0 spiro atoms. The number of benzene rings is 3. The molecule has 0 aromatic heterocycles. The maximum Gasteiger partial charge on any atom is 0.282 e. The highest BCUT2D eigenvalue weighted by Gasteiger charge is 2.40. The Balaban J connectivity index is 1.86. The number of methoxy groups -OCH3 is 1. The first-order valence-electron chi connectivity index (χ1n) is 9.45. The molecule has 156 valence electrons. The van der Waals surface area contributed by atoms with E-state index < -0.39 is 17.6 Å². The molecule has 0 fully saturated rings. The van der Waals surface area contributed by atoms with Crippen molar-refractivity contribution in [1.82, 2.24) is 0 Å². The Kier molecular flexibility index (Phi) is 5.48. The van der Waals surface area contributed by atoms with Gasteiger partial charge in [0.1, 0.15) is 17.3 Å². The number of imide groups is 1. The number of rotatable bonds is 5. The number of hydrogen-bond donors (Lipinski definition) is 1. The Morgan fingerprint density at radius 2 is 1.71 bits per heavy atom. The van der Waals surface area contributed by atoms with Crippen molar-refractivity contribution < 1.29 is 18.7 Å². The second-order valence-electron chi connectivity index (χ2n) is 7.01. The number of ether oxygens (including phenoxy) is 1. The van der Waals surface area contributed by atoms with Gasteiger partial charge in [0.25, 0.3) is 11.8 Å². The van der Waals surface area contributed by atoms with E-state index in [0.717, 1.165) is 10.5 Å². The summed E-state index contributed by atoms with van der Waals surface area (Å²) in [6, 6.07) is 17.4. The van der Waals surface area contributed by atoms with Gasteiger partial charge in [-0.2, -0.15) is 0 Å². The van der Waals surface area contributed by atoms with E-state index in [4.69, 9.17) is 16.3 Å². The van der Waals surface area contributed by atoms with Crippen LogP contribution in [-0.2, 0) is 9.59 Å². The maximum absolute atomic E-state index is 13.5. The lowest BCUT2D eigenvalue weighted by molar-refractivity contribution is -0.120. The first-order valence-corrected chi connectivity index (χ1v) is 9.83. The molecule has 1 aliphatic heterocycles. The Morgan fingerprint density at radius 3 is 2.39 bits per heavy atom. The molecule has 31 heavy (non-hydrogen) atoms. The number of carbonyl (C=O) groups excluding carboxylic acids is 2. The van der Waals surface area contributed by atoms with Crippen LogP contribution in [0.4, 0.5) is 15.8 Å². The molecule has 0 atom stereocenters. The van der Waals surface area contributed by atoms with Crippen molar-refractivity contribution in [2.75, 3.05) is 17.3 Å². The minimum absolute atomic E-state index is 0.0543. The Morgan fingerprint density at radius 1 is 0.968 bits per heavy atom. The van der Waals surface area contributed by atoms with E-state index in [9.17, 15) is 14.0 Å². The van der Waals surface area contributed by atoms with Crippen LogP contribution in [0, 0.1) is 12.7 Å². The molecule has 1 heterocycles. The first-order chi connectivity index (χ1) is 14.9. The molecule has 0 radical (unpaired) electrons. The Bertz CT molecular complexity index is 1220. The second kappa shape index (κ2) is 8.24. The molecular formula is C24H18ClFN2O3. The summed E-state index contributed by atoms with van der Waals surface area (Å²) in [5, 5.41) is 3.45. The lowest BCUT2D eigenvalue weighted by Gasteiger charge is -2.16. The molecule has 5 nitrogen and oxygen atoms in total. The van der Waals surface area contributed by atoms with Gasteiger partial charge in [-0.3, -0.25) is 9.59 Å². The van der Waals surface area contributed by atoms with Gasteiger partial charge in [-0.05, 0) is 60.5 Å². The summed E-state index contributed by atoms with van der Waals surface area (Å²) < 4.78 is 18.8. The van der Waals surface area contributed by atoms with E-state index in [0.29, 0.717) is 27.7 Å². The molecule has 3 aromatic rings. The highest BCUT2D eigenvalue weighted by atomic mass is 35.5. The fourth-order valence-electron chi connectivity index (χ4n) is 3.44. The summed E-state index contributed by atoms with van der Waals surface area (Å²) in [5.41, 5.74) is 2.38. The molecule has 3 aromatic carbocycles. The number of nitrogens with one attached hydrogen (secondary N) is 1. The minimum atomic E-state index is -0.531. The average Bonchev–Trinajstić information content (AvgIpc) is 2.98.